The first-order valence-electron chi connectivity index (χ1n) is 6.42. The Morgan fingerprint density at radius 3 is 2.38 bits per heavy atom. The van der Waals surface area contributed by atoms with Gasteiger partial charge in [-0.25, -0.2) is 4.79 Å². The molecular formula is C14H20N2O5. The van der Waals surface area contributed by atoms with Gasteiger partial charge in [-0.2, -0.15) is 0 Å². The zero-order valence-electron chi connectivity index (χ0n) is 12.4. The number of esters is 1. The predicted octanol–water partition coefficient (Wildman–Crippen LogP) is 0.969. The average Bonchev–Trinajstić information content (AvgIpc) is 2.50. The number of hydrogen-bond donors (Lipinski definition) is 2. The zero-order chi connectivity index (χ0) is 15.8. The van der Waals surface area contributed by atoms with Crippen LogP contribution in [0.2, 0.25) is 0 Å². The first kappa shape index (κ1) is 16.6. The molecule has 0 saturated heterocycles. The highest BCUT2D eigenvalue weighted by Gasteiger charge is 2.16. The van der Waals surface area contributed by atoms with Crippen molar-refractivity contribution >= 4 is 17.6 Å². The van der Waals surface area contributed by atoms with Crippen molar-refractivity contribution in [3.05, 3.63) is 17.7 Å². The number of hydrogen-bond acceptors (Lipinski definition) is 6. The van der Waals surface area contributed by atoms with Crippen molar-refractivity contribution in [3.8, 4) is 11.5 Å². The number of nitrogens with one attached hydrogen (secondary N) is 1. The van der Waals surface area contributed by atoms with E-state index in [0.29, 0.717) is 24.3 Å². The fourth-order valence-corrected chi connectivity index (χ4v) is 1.67. The van der Waals surface area contributed by atoms with E-state index in [9.17, 15) is 9.59 Å². The molecule has 1 rings (SSSR count). The summed E-state index contributed by atoms with van der Waals surface area (Å²) in [4.78, 5) is 23.0. The van der Waals surface area contributed by atoms with Crippen molar-refractivity contribution in [2.24, 2.45) is 0 Å². The van der Waals surface area contributed by atoms with E-state index in [-0.39, 0.29) is 23.8 Å². The van der Waals surface area contributed by atoms with Crippen LogP contribution in [-0.2, 0) is 9.53 Å². The van der Waals surface area contributed by atoms with Crippen molar-refractivity contribution in [1.82, 2.24) is 5.32 Å². The van der Waals surface area contributed by atoms with Gasteiger partial charge in [0.05, 0.1) is 32.1 Å². The Balaban J connectivity index is 2.67. The summed E-state index contributed by atoms with van der Waals surface area (Å²) in [6.07, 6.45) is 0.740. The fourth-order valence-electron chi connectivity index (χ4n) is 1.67. The van der Waals surface area contributed by atoms with Crippen molar-refractivity contribution in [1.29, 1.82) is 0 Å². The van der Waals surface area contributed by atoms with E-state index in [0.717, 1.165) is 0 Å². The van der Waals surface area contributed by atoms with Crippen LogP contribution in [0.1, 0.15) is 23.2 Å². The molecule has 0 saturated carbocycles. The molecule has 7 heteroatoms. The lowest BCUT2D eigenvalue weighted by Crippen LogP contribution is -2.18. The van der Waals surface area contributed by atoms with Crippen LogP contribution in [0.25, 0.3) is 0 Å². The Hall–Kier alpha value is -2.44. The number of carbonyl (C=O) groups is 2. The molecule has 0 aliphatic heterocycles. The molecule has 0 heterocycles. The van der Waals surface area contributed by atoms with E-state index in [2.05, 4.69) is 5.32 Å². The molecule has 3 N–H and O–H groups in total. The molecular weight excluding hydrogens is 276 g/mol. The number of anilines is 1. The molecule has 1 aromatic rings. The van der Waals surface area contributed by atoms with Gasteiger partial charge in [0.2, 0.25) is 5.91 Å². The van der Waals surface area contributed by atoms with Gasteiger partial charge < -0.3 is 25.3 Å². The lowest BCUT2D eigenvalue weighted by molar-refractivity contribution is -0.120. The van der Waals surface area contributed by atoms with Crippen LogP contribution in [0.15, 0.2) is 12.1 Å². The molecule has 0 atom stereocenters. The topological polar surface area (TPSA) is 99.9 Å². The van der Waals surface area contributed by atoms with Gasteiger partial charge >= 0.3 is 5.97 Å². The molecule has 0 fully saturated rings. The zero-order valence-corrected chi connectivity index (χ0v) is 12.4. The SMILES string of the molecule is CNC(=O)CCCOC(=O)c1cc(OC)c(OC)cc1N. The highest BCUT2D eigenvalue weighted by atomic mass is 16.5. The van der Waals surface area contributed by atoms with Gasteiger partial charge in [0.15, 0.2) is 11.5 Å². The standard InChI is InChI=1S/C14H20N2O5/c1-16-13(17)5-4-6-21-14(18)9-7-11(19-2)12(20-3)8-10(9)15/h7-8H,4-6,15H2,1-3H3,(H,16,17). The Labute approximate surface area is 123 Å². The van der Waals surface area contributed by atoms with Gasteiger partial charge in [0.1, 0.15) is 0 Å². The number of ether oxygens (including phenoxy) is 3. The van der Waals surface area contributed by atoms with Crippen LogP contribution >= 0.6 is 0 Å². The maximum Gasteiger partial charge on any atom is 0.340 e. The van der Waals surface area contributed by atoms with Crippen LogP contribution in [0.3, 0.4) is 0 Å². The van der Waals surface area contributed by atoms with Gasteiger partial charge in [0.25, 0.3) is 0 Å². The molecule has 0 radical (unpaired) electrons. The quantitative estimate of drug-likeness (QED) is 0.442. The van der Waals surface area contributed by atoms with Crippen LogP contribution < -0.4 is 20.5 Å². The number of nitrogens with two attached hydrogens (primary N) is 1. The number of rotatable bonds is 7. The summed E-state index contributed by atoms with van der Waals surface area (Å²) >= 11 is 0. The summed E-state index contributed by atoms with van der Waals surface area (Å²) in [6, 6.07) is 2.97. The van der Waals surface area contributed by atoms with Crippen molar-refractivity contribution in [2.45, 2.75) is 12.8 Å². The third kappa shape index (κ3) is 4.55. The van der Waals surface area contributed by atoms with E-state index in [1.165, 1.54) is 26.4 Å². The van der Waals surface area contributed by atoms with E-state index in [1.54, 1.807) is 7.05 Å². The first-order chi connectivity index (χ1) is 10.0. The summed E-state index contributed by atoms with van der Waals surface area (Å²) in [7, 11) is 4.50. The van der Waals surface area contributed by atoms with Gasteiger partial charge in [-0.15, -0.1) is 0 Å². The minimum atomic E-state index is -0.564. The van der Waals surface area contributed by atoms with Crippen molar-refractivity contribution in [2.75, 3.05) is 33.6 Å². The summed E-state index contributed by atoms with van der Waals surface area (Å²) < 4.78 is 15.3. The van der Waals surface area contributed by atoms with Gasteiger partial charge in [-0.05, 0) is 6.42 Å². The summed E-state index contributed by atoms with van der Waals surface area (Å²) in [5.41, 5.74) is 6.24. The Bertz CT molecular complexity index is 516. The van der Waals surface area contributed by atoms with Crippen LogP contribution in [0, 0.1) is 0 Å². The minimum absolute atomic E-state index is 0.100. The second-order valence-electron chi connectivity index (χ2n) is 4.21. The highest BCUT2D eigenvalue weighted by Crippen LogP contribution is 2.32. The Kier molecular flexibility index (Phi) is 6.32. The molecule has 7 nitrogen and oxygen atoms in total. The monoisotopic (exact) mass is 296 g/mol. The number of methoxy groups -OCH3 is 2. The van der Waals surface area contributed by atoms with Gasteiger partial charge in [-0.3, -0.25) is 4.79 Å². The van der Waals surface area contributed by atoms with Crippen molar-refractivity contribution in [3.63, 3.8) is 0 Å². The third-order valence-electron chi connectivity index (χ3n) is 2.84. The number of nitrogen functional groups attached to an aromatic ring is 1. The van der Waals surface area contributed by atoms with Crippen LogP contribution in [-0.4, -0.2) is 39.8 Å². The second-order valence-corrected chi connectivity index (χ2v) is 4.21. The normalized spacial score (nSPS) is 9.86. The summed E-state index contributed by atoms with van der Waals surface area (Å²) in [6.45, 7) is 0.139. The smallest absolute Gasteiger partial charge is 0.340 e. The van der Waals surface area contributed by atoms with E-state index in [4.69, 9.17) is 19.9 Å². The molecule has 0 aliphatic rings. The molecule has 0 unspecified atom stereocenters. The van der Waals surface area contributed by atoms with Crippen molar-refractivity contribution < 1.29 is 23.8 Å². The lowest BCUT2D eigenvalue weighted by atomic mass is 10.1. The van der Waals surface area contributed by atoms with Crippen LogP contribution in [0.5, 0.6) is 11.5 Å². The highest BCUT2D eigenvalue weighted by molar-refractivity contribution is 5.96. The van der Waals surface area contributed by atoms with E-state index >= 15 is 0 Å². The van der Waals surface area contributed by atoms with E-state index < -0.39 is 5.97 Å². The molecule has 1 aromatic carbocycles. The molecule has 0 aromatic heterocycles. The first-order valence-corrected chi connectivity index (χ1v) is 6.42. The molecule has 116 valence electrons. The second kappa shape index (κ2) is 7.98. The Morgan fingerprint density at radius 1 is 1.19 bits per heavy atom. The van der Waals surface area contributed by atoms with Gasteiger partial charge in [0, 0.05) is 25.6 Å². The Morgan fingerprint density at radius 2 is 1.81 bits per heavy atom. The average molecular weight is 296 g/mol. The number of amides is 1. The largest absolute Gasteiger partial charge is 0.493 e. The third-order valence-corrected chi connectivity index (χ3v) is 2.84. The molecule has 0 spiro atoms. The minimum Gasteiger partial charge on any atom is -0.493 e. The predicted molar refractivity (Wildman–Crippen MR) is 77.5 cm³/mol. The maximum atomic E-state index is 11.9. The van der Waals surface area contributed by atoms with E-state index in [1.807, 2.05) is 0 Å². The molecule has 0 aliphatic carbocycles. The lowest BCUT2D eigenvalue weighted by Gasteiger charge is -2.12. The number of benzene rings is 1. The molecule has 1 amide bonds. The molecule has 21 heavy (non-hydrogen) atoms. The van der Waals surface area contributed by atoms with Gasteiger partial charge in [-0.1, -0.05) is 0 Å². The summed E-state index contributed by atoms with van der Waals surface area (Å²) in [5.74, 6) is 0.164. The van der Waals surface area contributed by atoms with Crippen LogP contribution in [0.4, 0.5) is 5.69 Å². The molecule has 0 bridgehead atoms. The fraction of sp³-hybridized carbons (Fsp3) is 0.429. The maximum absolute atomic E-state index is 11.9. The summed E-state index contributed by atoms with van der Waals surface area (Å²) in [5, 5.41) is 2.49. The number of carbonyl (C=O) groups excluding carboxylic acids is 2.